The molecule has 1 unspecified atom stereocenters. The Balaban J connectivity index is 2.14. The Morgan fingerprint density at radius 2 is 2.10 bits per heavy atom. The number of hydrogen-bond donors (Lipinski definition) is 1. The lowest BCUT2D eigenvalue weighted by atomic mass is 10.0. The maximum absolute atomic E-state index is 11.7. The topological polar surface area (TPSA) is 60.7 Å². The molecular weight excluding hydrogens is 270 g/mol. The van der Waals surface area contributed by atoms with Gasteiger partial charge in [-0.25, -0.2) is 0 Å². The molecule has 0 bridgehead atoms. The van der Waals surface area contributed by atoms with E-state index in [1.807, 2.05) is 38.1 Å². The number of nitrogens with one attached hydrogen (secondary N) is 1. The molecule has 0 aliphatic heterocycles. The number of esters is 1. The summed E-state index contributed by atoms with van der Waals surface area (Å²) in [5, 5.41) is 4.15. The van der Waals surface area contributed by atoms with Gasteiger partial charge in [-0.1, -0.05) is 26.0 Å². The summed E-state index contributed by atoms with van der Waals surface area (Å²) in [6.45, 7) is 4.39. The normalized spacial score (nSPS) is 12.6. The average Bonchev–Trinajstić information content (AvgIpc) is 2.89. The third-order valence-corrected chi connectivity index (χ3v) is 3.40. The van der Waals surface area contributed by atoms with Gasteiger partial charge < -0.3 is 13.9 Å². The van der Waals surface area contributed by atoms with Crippen molar-refractivity contribution in [1.29, 1.82) is 0 Å². The minimum absolute atomic E-state index is 0.136. The Morgan fingerprint density at radius 3 is 2.71 bits per heavy atom. The number of carbonyl (C=O) groups excluding carboxylic acids is 1. The van der Waals surface area contributed by atoms with E-state index in [1.54, 1.807) is 7.11 Å². The molecule has 0 radical (unpaired) electrons. The fourth-order valence-corrected chi connectivity index (χ4v) is 2.27. The number of carbonyl (C=O) groups is 1. The molecule has 0 aliphatic carbocycles. The Hall–Kier alpha value is -2.01. The smallest absolute Gasteiger partial charge is 0.323 e. The molecule has 1 aromatic heterocycles. The molecule has 0 saturated heterocycles. The van der Waals surface area contributed by atoms with Crippen LogP contribution in [0.3, 0.4) is 0 Å². The van der Waals surface area contributed by atoms with Gasteiger partial charge in [0.15, 0.2) is 11.3 Å². The molecule has 5 nitrogen and oxygen atoms in total. The molecule has 1 heterocycles. The Bertz CT molecular complexity index is 618. The molecule has 1 aromatic carbocycles. The molecule has 2 rings (SSSR count). The van der Waals surface area contributed by atoms with Crippen molar-refractivity contribution < 1.29 is 18.7 Å². The maximum Gasteiger partial charge on any atom is 0.323 e. The predicted molar refractivity (Wildman–Crippen MR) is 80.2 cm³/mol. The zero-order valence-electron chi connectivity index (χ0n) is 12.8. The van der Waals surface area contributed by atoms with Crippen molar-refractivity contribution in [3.05, 3.63) is 30.0 Å². The van der Waals surface area contributed by atoms with Crippen molar-refractivity contribution >= 4 is 16.9 Å². The van der Waals surface area contributed by atoms with Crippen LogP contribution >= 0.6 is 0 Å². The molecule has 114 valence electrons. The van der Waals surface area contributed by atoms with Crippen molar-refractivity contribution in [2.45, 2.75) is 26.4 Å². The van der Waals surface area contributed by atoms with Crippen LogP contribution in [0, 0.1) is 5.92 Å². The van der Waals surface area contributed by atoms with Crippen molar-refractivity contribution in [1.82, 2.24) is 5.32 Å². The molecule has 1 N–H and O–H groups in total. The molecule has 5 heteroatoms. The van der Waals surface area contributed by atoms with Gasteiger partial charge >= 0.3 is 5.97 Å². The van der Waals surface area contributed by atoms with Gasteiger partial charge in [0.25, 0.3) is 0 Å². The zero-order valence-corrected chi connectivity index (χ0v) is 12.8. The highest BCUT2D eigenvalue weighted by Gasteiger charge is 2.22. The van der Waals surface area contributed by atoms with E-state index in [-0.39, 0.29) is 17.9 Å². The first-order chi connectivity index (χ1) is 10.1. The molecule has 1 atom stereocenters. The van der Waals surface area contributed by atoms with E-state index in [4.69, 9.17) is 13.9 Å². The van der Waals surface area contributed by atoms with Crippen molar-refractivity contribution in [2.24, 2.45) is 5.92 Å². The molecule has 21 heavy (non-hydrogen) atoms. The number of rotatable bonds is 6. The highest BCUT2D eigenvalue weighted by molar-refractivity contribution is 5.83. The third-order valence-electron chi connectivity index (χ3n) is 3.40. The van der Waals surface area contributed by atoms with E-state index in [2.05, 4.69) is 5.32 Å². The van der Waals surface area contributed by atoms with Gasteiger partial charge in [0.1, 0.15) is 11.8 Å². The minimum Gasteiger partial charge on any atom is -0.493 e. The summed E-state index contributed by atoms with van der Waals surface area (Å²) in [7, 11) is 3.01. The van der Waals surface area contributed by atoms with Crippen LogP contribution in [-0.2, 0) is 16.1 Å². The second-order valence-corrected chi connectivity index (χ2v) is 5.22. The molecule has 0 fully saturated rings. The zero-order chi connectivity index (χ0) is 15.4. The summed E-state index contributed by atoms with van der Waals surface area (Å²) in [6, 6.07) is 7.32. The molecule has 0 spiro atoms. The number of furan rings is 1. The third kappa shape index (κ3) is 3.36. The van der Waals surface area contributed by atoms with Crippen LogP contribution in [0.25, 0.3) is 11.0 Å². The second kappa shape index (κ2) is 6.63. The van der Waals surface area contributed by atoms with Crippen LogP contribution in [0.2, 0.25) is 0 Å². The Kier molecular flexibility index (Phi) is 4.85. The molecular formula is C16H21NO4. The lowest BCUT2D eigenvalue weighted by Crippen LogP contribution is -2.41. The van der Waals surface area contributed by atoms with Crippen LogP contribution in [0.15, 0.2) is 28.7 Å². The van der Waals surface area contributed by atoms with Gasteiger partial charge in [-0.15, -0.1) is 0 Å². The van der Waals surface area contributed by atoms with E-state index in [9.17, 15) is 4.79 Å². The van der Waals surface area contributed by atoms with Crippen molar-refractivity contribution in [2.75, 3.05) is 14.2 Å². The standard InChI is InChI=1S/C16H21NO4/c1-10(2)14(16(18)20-4)17-9-12-8-11-6-5-7-13(19-3)15(11)21-12/h5-8,10,14,17H,9H2,1-4H3. The predicted octanol–water partition coefficient (Wildman–Crippen LogP) is 2.73. The SMILES string of the molecule is COC(=O)C(NCc1cc2cccc(OC)c2o1)C(C)C. The second-order valence-electron chi connectivity index (χ2n) is 5.22. The monoisotopic (exact) mass is 291 g/mol. The molecule has 0 saturated carbocycles. The number of methoxy groups -OCH3 is 2. The van der Waals surface area contributed by atoms with Crippen LogP contribution in [-0.4, -0.2) is 26.2 Å². The highest BCUT2D eigenvalue weighted by atomic mass is 16.5. The summed E-state index contributed by atoms with van der Waals surface area (Å²) in [5.41, 5.74) is 0.718. The first kappa shape index (κ1) is 15.4. The molecule has 2 aromatic rings. The number of ether oxygens (including phenoxy) is 2. The quantitative estimate of drug-likeness (QED) is 0.829. The number of hydrogen-bond acceptors (Lipinski definition) is 5. The first-order valence-electron chi connectivity index (χ1n) is 6.93. The lowest BCUT2D eigenvalue weighted by Gasteiger charge is -2.19. The summed E-state index contributed by atoms with van der Waals surface area (Å²) < 4.78 is 15.9. The van der Waals surface area contributed by atoms with Crippen LogP contribution in [0.4, 0.5) is 0 Å². The lowest BCUT2D eigenvalue weighted by molar-refractivity contribution is -0.144. The van der Waals surface area contributed by atoms with Gasteiger partial charge in [-0.2, -0.15) is 0 Å². The van der Waals surface area contributed by atoms with Gasteiger partial charge in [-0.3, -0.25) is 10.1 Å². The Labute approximate surface area is 124 Å². The summed E-state index contributed by atoms with van der Waals surface area (Å²) in [6.07, 6.45) is 0. The largest absolute Gasteiger partial charge is 0.493 e. The molecule has 0 aliphatic rings. The fraction of sp³-hybridized carbons (Fsp3) is 0.438. The van der Waals surface area contributed by atoms with E-state index in [0.717, 1.165) is 16.7 Å². The average molecular weight is 291 g/mol. The first-order valence-corrected chi connectivity index (χ1v) is 6.93. The van der Waals surface area contributed by atoms with Crippen molar-refractivity contribution in [3.63, 3.8) is 0 Å². The maximum atomic E-state index is 11.7. The highest BCUT2D eigenvalue weighted by Crippen LogP contribution is 2.28. The number of fused-ring (bicyclic) bond motifs is 1. The van der Waals surface area contributed by atoms with Gasteiger partial charge in [0, 0.05) is 5.39 Å². The van der Waals surface area contributed by atoms with Crippen LogP contribution in [0.1, 0.15) is 19.6 Å². The Morgan fingerprint density at radius 1 is 1.33 bits per heavy atom. The van der Waals surface area contributed by atoms with Gasteiger partial charge in [-0.05, 0) is 18.1 Å². The minimum atomic E-state index is -0.356. The van der Waals surface area contributed by atoms with Crippen LogP contribution < -0.4 is 10.1 Å². The van der Waals surface area contributed by atoms with Gasteiger partial charge in [0.05, 0.1) is 20.8 Å². The number of para-hydroxylation sites is 1. The number of benzene rings is 1. The summed E-state index contributed by atoms with van der Waals surface area (Å²) in [5.74, 6) is 1.33. The van der Waals surface area contributed by atoms with E-state index < -0.39 is 0 Å². The van der Waals surface area contributed by atoms with E-state index in [1.165, 1.54) is 7.11 Å². The summed E-state index contributed by atoms with van der Waals surface area (Å²) in [4.78, 5) is 11.7. The fourth-order valence-electron chi connectivity index (χ4n) is 2.27. The van der Waals surface area contributed by atoms with Crippen molar-refractivity contribution in [3.8, 4) is 5.75 Å². The van der Waals surface area contributed by atoms with Crippen LogP contribution in [0.5, 0.6) is 5.75 Å². The van der Waals surface area contributed by atoms with E-state index in [0.29, 0.717) is 12.3 Å². The molecule has 0 amide bonds. The van der Waals surface area contributed by atoms with Gasteiger partial charge in [0.2, 0.25) is 0 Å². The summed E-state index contributed by atoms with van der Waals surface area (Å²) >= 11 is 0. The van der Waals surface area contributed by atoms with E-state index >= 15 is 0 Å².